The molecular formula is C17H18FN5O. The third kappa shape index (κ3) is 2.70. The molecular weight excluding hydrogens is 309 g/mol. The van der Waals surface area contributed by atoms with Crippen LogP contribution in [0.5, 0.6) is 0 Å². The Morgan fingerprint density at radius 3 is 3.08 bits per heavy atom. The molecule has 0 bridgehead atoms. The summed E-state index contributed by atoms with van der Waals surface area (Å²) in [6.45, 7) is 3.61. The van der Waals surface area contributed by atoms with E-state index in [1.807, 2.05) is 6.92 Å². The number of piperidine rings is 1. The lowest BCUT2D eigenvalue weighted by Gasteiger charge is -2.32. The monoisotopic (exact) mass is 327 g/mol. The van der Waals surface area contributed by atoms with Gasteiger partial charge in [0.25, 0.3) is 0 Å². The van der Waals surface area contributed by atoms with E-state index in [4.69, 9.17) is 4.52 Å². The van der Waals surface area contributed by atoms with Crippen LogP contribution in [0.25, 0.3) is 10.9 Å². The highest BCUT2D eigenvalue weighted by Gasteiger charge is 2.27. The second-order valence-corrected chi connectivity index (χ2v) is 6.04. The van der Waals surface area contributed by atoms with E-state index in [0.717, 1.165) is 54.9 Å². The van der Waals surface area contributed by atoms with Crippen molar-refractivity contribution in [2.45, 2.75) is 32.1 Å². The Morgan fingerprint density at radius 2 is 2.25 bits per heavy atom. The number of rotatable bonds is 3. The highest BCUT2D eigenvalue weighted by atomic mass is 19.1. The molecule has 1 aromatic carbocycles. The summed E-state index contributed by atoms with van der Waals surface area (Å²) in [5.41, 5.74) is 0.747. The van der Waals surface area contributed by atoms with Gasteiger partial charge in [0.2, 0.25) is 5.89 Å². The SMILES string of the molecule is CCc1nc([C@H]2CCCN(c3ncnc4ccc(F)cc34)C2)no1. The van der Waals surface area contributed by atoms with Crippen LogP contribution in [0.3, 0.4) is 0 Å². The second kappa shape index (κ2) is 6.14. The van der Waals surface area contributed by atoms with Crippen LogP contribution in [0.15, 0.2) is 29.0 Å². The van der Waals surface area contributed by atoms with Crippen molar-refractivity contribution in [3.63, 3.8) is 0 Å². The quantitative estimate of drug-likeness (QED) is 0.736. The molecule has 1 atom stereocenters. The van der Waals surface area contributed by atoms with Gasteiger partial charge in [0.05, 0.1) is 5.52 Å². The molecule has 0 amide bonds. The zero-order valence-electron chi connectivity index (χ0n) is 13.4. The summed E-state index contributed by atoms with van der Waals surface area (Å²) < 4.78 is 18.9. The minimum Gasteiger partial charge on any atom is -0.355 e. The Kier molecular flexibility index (Phi) is 3.84. The lowest BCUT2D eigenvalue weighted by Crippen LogP contribution is -2.35. The Labute approximate surface area is 138 Å². The van der Waals surface area contributed by atoms with Crippen molar-refractivity contribution in [1.82, 2.24) is 20.1 Å². The predicted octanol–water partition coefficient (Wildman–Crippen LogP) is 3.10. The third-order valence-electron chi connectivity index (χ3n) is 4.45. The number of aryl methyl sites for hydroxylation is 1. The van der Waals surface area contributed by atoms with Crippen LogP contribution in [0.2, 0.25) is 0 Å². The van der Waals surface area contributed by atoms with Crippen LogP contribution in [0, 0.1) is 5.82 Å². The number of anilines is 1. The Morgan fingerprint density at radius 1 is 1.33 bits per heavy atom. The first kappa shape index (κ1) is 15.0. The minimum absolute atomic E-state index is 0.196. The van der Waals surface area contributed by atoms with Gasteiger partial charge in [-0.05, 0) is 31.0 Å². The number of fused-ring (bicyclic) bond motifs is 1. The average molecular weight is 327 g/mol. The molecule has 3 aromatic rings. The van der Waals surface area contributed by atoms with Gasteiger partial charge in [-0.15, -0.1) is 0 Å². The fourth-order valence-electron chi connectivity index (χ4n) is 3.22. The molecule has 0 N–H and O–H groups in total. The molecule has 2 aromatic heterocycles. The van der Waals surface area contributed by atoms with Gasteiger partial charge in [0.1, 0.15) is 18.0 Å². The van der Waals surface area contributed by atoms with Crippen LogP contribution in [0.1, 0.15) is 37.4 Å². The van der Waals surface area contributed by atoms with Gasteiger partial charge >= 0.3 is 0 Å². The molecule has 4 rings (SSSR count). The van der Waals surface area contributed by atoms with Crippen molar-refractivity contribution in [1.29, 1.82) is 0 Å². The van der Waals surface area contributed by atoms with Gasteiger partial charge in [-0.25, -0.2) is 14.4 Å². The molecule has 0 unspecified atom stereocenters. The maximum atomic E-state index is 13.7. The molecule has 0 saturated carbocycles. The van der Waals surface area contributed by atoms with Gasteiger partial charge in [0.15, 0.2) is 5.82 Å². The van der Waals surface area contributed by atoms with Crippen molar-refractivity contribution in [3.05, 3.63) is 42.1 Å². The molecule has 0 spiro atoms. The summed E-state index contributed by atoms with van der Waals surface area (Å²) in [7, 11) is 0. The maximum Gasteiger partial charge on any atom is 0.226 e. The van der Waals surface area contributed by atoms with Crippen molar-refractivity contribution in [2.75, 3.05) is 18.0 Å². The molecule has 124 valence electrons. The van der Waals surface area contributed by atoms with E-state index >= 15 is 0 Å². The van der Waals surface area contributed by atoms with E-state index in [2.05, 4.69) is 25.0 Å². The topological polar surface area (TPSA) is 67.9 Å². The molecule has 6 nitrogen and oxygen atoms in total. The Balaban J connectivity index is 1.65. The molecule has 3 heterocycles. The van der Waals surface area contributed by atoms with Crippen molar-refractivity contribution in [2.24, 2.45) is 0 Å². The zero-order valence-corrected chi connectivity index (χ0v) is 13.4. The van der Waals surface area contributed by atoms with Gasteiger partial charge in [0, 0.05) is 30.8 Å². The fourth-order valence-corrected chi connectivity index (χ4v) is 3.22. The van der Waals surface area contributed by atoms with Crippen LogP contribution in [-0.4, -0.2) is 33.2 Å². The lowest BCUT2D eigenvalue weighted by atomic mass is 9.97. The van der Waals surface area contributed by atoms with Crippen LogP contribution >= 0.6 is 0 Å². The summed E-state index contributed by atoms with van der Waals surface area (Å²) in [6.07, 6.45) is 4.28. The number of nitrogens with zero attached hydrogens (tertiary/aromatic N) is 5. The highest BCUT2D eigenvalue weighted by molar-refractivity contribution is 5.89. The van der Waals surface area contributed by atoms with Gasteiger partial charge in [-0.1, -0.05) is 12.1 Å². The minimum atomic E-state index is -0.280. The molecule has 0 aliphatic carbocycles. The van der Waals surface area contributed by atoms with E-state index < -0.39 is 0 Å². The largest absolute Gasteiger partial charge is 0.355 e. The standard InChI is InChI=1S/C17H18FN5O/c1-2-15-21-16(22-24-15)11-4-3-7-23(9-11)17-13-8-12(18)5-6-14(13)19-10-20-17/h5-6,8,10-11H,2-4,7,9H2,1H3/t11-/m0/s1. The number of hydrogen-bond donors (Lipinski definition) is 0. The Bertz CT molecular complexity index is 865. The molecule has 1 aliphatic heterocycles. The molecule has 1 saturated heterocycles. The fraction of sp³-hybridized carbons (Fsp3) is 0.412. The molecule has 1 aliphatic rings. The maximum absolute atomic E-state index is 13.7. The molecule has 7 heteroatoms. The first-order valence-electron chi connectivity index (χ1n) is 8.22. The summed E-state index contributed by atoms with van der Waals surface area (Å²) >= 11 is 0. The van der Waals surface area contributed by atoms with Gasteiger partial charge in [-0.3, -0.25) is 0 Å². The molecule has 24 heavy (non-hydrogen) atoms. The number of hydrogen-bond acceptors (Lipinski definition) is 6. The summed E-state index contributed by atoms with van der Waals surface area (Å²) in [5.74, 6) is 2.10. The molecule has 1 fully saturated rings. The van der Waals surface area contributed by atoms with E-state index in [0.29, 0.717) is 5.89 Å². The van der Waals surface area contributed by atoms with Crippen LogP contribution < -0.4 is 4.90 Å². The van der Waals surface area contributed by atoms with Gasteiger partial charge in [-0.2, -0.15) is 4.98 Å². The number of benzene rings is 1. The zero-order chi connectivity index (χ0) is 16.5. The highest BCUT2D eigenvalue weighted by Crippen LogP contribution is 2.31. The normalized spacial score (nSPS) is 18.2. The third-order valence-corrected chi connectivity index (χ3v) is 4.45. The molecule has 0 radical (unpaired) electrons. The van der Waals surface area contributed by atoms with Crippen LogP contribution in [0.4, 0.5) is 10.2 Å². The van der Waals surface area contributed by atoms with E-state index in [1.54, 1.807) is 6.07 Å². The number of aromatic nitrogens is 4. The van der Waals surface area contributed by atoms with E-state index in [1.165, 1.54) is 18.5 Å². The van der Waals surface area contributed by atoms with Crippen molar-refractivity contribution >= 4 is 16.7 Å². The van der Waals surface area contributed by atoms with E-state index in [-0.39, 0.29) is 11.7 Å². The van der Waals surface area contributed by atoms with Crippen molar-refractivity contribution < 1.29 is 8.91 Å². The first-order chi connectivity index (χ1) is 11.7. The second-order valence-electron chi connectivity index (χ2n) is 6.04. The Hall–Kier alpha value is -2.57. The van der Waals surface area contributed by atoms with Crippen LogP contribution in [-0.2, 0) is 6.42 Å². The smallest absolute Gasteiger partial charge is 0.226 e. The van der Waals surface area contributed by atoms with Gasteiger partial charge < -0.3 is 9.42 Å². The van der Waals surface area contributed by atoms with Crippen molar-refractivity contribution in [3.8, 4) is 0 Å². The summed E-state index contributed by atoms with van der Waals surface area (Å²) in [5, 5.41) is 4.85. The summed E-state index contributed by atoms with van der Waals surface area (Å²) in [6, 6.07) is 4.60. The average Bonchev–Trinajstić information content (AvgIpc) is 3.10. The predicted molar refractivity (Wildman–Crippen MR) is 87.4 cm³/mol. The number of halogens is 1. The van der Waals surface area contributed by atoms with E-state index in [9.17, 15) is 4.39 Å². The first-order valence-corrected chi connectivity index (χ1v) is 8.22. The lowest BCUT2D eigenvalue weighted by molar-refractivity contribution is 0.368. The summed E-state index contributed by atoms with van der Waals surface area (Å²) in [4.78, 5) is 15.3.